The van der Waals surface area contributed by atoms with Crippen LogP contribution in [0.4, 0.5) is 5.82 Å². The topological polar surface area (TPSA) is 150 Å². The molecule has 112 valence electrons. The molecule has 0 aliphatic carbocycles. The largest absolute Gasteiger partial charge is 0.389 e. The molecular formula is C12H12BN5O4. The Labute approximate surface area is 126 Å². The van der Waals surface area contributed by atoms with Crippen LogP contribution in [0.1, 0.15) is 18.2 Å². The molecule has 22 heavy (non-hydrogen) atoms. The second-order valence-corrected chi connectivity index (χ2v) is 5.13. The lowest BCUT2D eigenvalue weighted by Crippen LogP contribution is -2.59. The summed E-state index contributed by atoms with van der Waals surface area (Å²) in [5, 5.41) is 42.5. The monoisotopic (exact) mass is 301 g/mol. The van der Waals surface area contributed by atoms with Gasteiger partial charge in [0.25, 0.3) is 0 Å². The maximum Gasteiger partial charge on any atom is 0.223 e. The maximum atomic E-state index is 10.1. The van der Waals surface area contributed by atoms with Gasteiger partial charge in [-0.25, -0.2) is 9.50 Å². The van der Waals surface area contributed by atoms with Crippen LogP contribution in [0.3, 0.4) is 0 Å². The van der Waals surface area contributed by atoms with Crippen molar-refractivity contribution in [3.05, 3.63) is 24.2 Å². The third-order valence-electron chi connectivity index (χ3n) is 3.79. The van der Waals surface area contributed by atoms with Crippen molar-refractivity contribution in [2.24, 2.45) is 0 Å². The van der Waals surface area contributed by atoms with Gasteiger partial charge in [0, 0.05) is 6.42 Å². The Kier molecular flexibility index (Phi) is 3.12. The highest BCUT2D eigenvalue weighted by atomic mass is 16.6. The molecule has 9 nitrogen and oxygen atoms in total. The minimum absolute atomic E-state index is 0.0658. The smallest absolute Gasteiger partial charge is 0.223 e. The molecule has 0 amide bonds. The summed E-state index contributed by atoms with van der Waals surface area (Å²) in [6, 6.07) is 4.84. The van der Waals surface area contributed by atoms with Gasteiger partial charge in [-0.1, -0.05) is 0 Å². The molecule has 2 aromatic heterocycles. The van der Waals surface area contributed by atoms with Crippen LogP contribution in [0, 0.1) is 11.3 Å². The molecule has 3 heterocycles. The van der Waals surface area contributed by atoms with Gasteiger partial charge < -0.3 is 25.8 Å². The van der Waals surface area contributed by atoms with Crippen molar-refractivity contribution in [2.75, 3.05) is 5.73 Å². The number of aromatic nitrogens is 3. The Bertz CT molecular complexity index is 767. The highest BCUT2D eigenvalue weighted by molar-refractivity contribution is 6.14. The van der Waals surface area contributed by atoms with E-state index in [0.717, 1.165) is 0 Å². The summed E-state index contributed by atoms with van der Waals surface area (Å²) in [4.78, 5) is 3.85. The highest BCUT2D eigenvalue weighted by Crippen LogP contribution is 2.43. The molecule has 1 aliphatic heterocycles. The zero-order valence-electron chi connectivity index (χ0n) is 11.3. The predicted octanol–water partition coefficient (Wildman–Crippen LogP) is -1.80. The van der Waals surface area contributed by atoms with Crippen LogP contribution >= 0.6 is 0 Å². The first kappa shape index (κ1) is 14.7. The Morgan fingerprint density at radius 1 is 1.55 bits per heavy atom. The molecule has 1 saturated heterocycles. The van der Waals surface area contributed by atoms with Crippen molar-refractivity contribution in [2.45, 2.75) is 29.9 Å². The molecule has 0 aromatic carbocycles. The van der Waals surface area contributed by atoms with Gasteiger partial charge in [-0.2, -0.15) is 10.4 Å². The van der Waals surface area contributed by atoms with Gasteiger partial charge in [-0.15, -0.1) is 0 Å². The molecule has 3 rings (SSSR count). The second kappa shape index (κ2) is 4.66. The number of nitrogens with zero attached hydrogens (tertiary/aromatic N) is 4. The van der Waals surface area contributed by atoms with Gasteiger partial charge in [0.2, 0.25) is 5.60 Å². The number of rotatable bonds is 2. The molecule has 0 spiro atoms. The molecule has 1 aliphatic rings. The van der Waals surface area contributed by atoms with E-state index < -0.39 is 23.5 Å². The summed E-state index contributed by atoms with van der Waals surface area (Å²) >= 11 is 0. The van der Waals surface area contributed by atoms with E-state index in [9.17, 15) is 20.6 Å². The first-order valence-electron chi connectivity index (χ1n) is 6.39. The number of aliphatic hydroxyl groups is 3. The zero-order chi connectivity index (χ0) is 16.1. The lowest BCUT2D eigenvalue weighted by molar-refractivity contribution is -0.229. The number of nitrogens with two attached hydrogens (primary N) is 1. The fourth-order valence-corrected chi connectivity index (χ4v) is 2.63. The molecule has 3 atom stereocenters. The van der Waals surface area contributed by atoms with E-state index in [4.69, 9.17) is 18.3 Å². The van der Waals surface area contributed by atoms with Crippen molar-refractivity contribution in [3.63, 3.8) is 0 Å². The van der Waals surface area contributed by atoms with Crippen LogP contribution in [0.2, 0.25) is 0 Å². The summed E-state index contributed by atoms with van der Waals surface area (Å²) < 4.78 is 6.85. The van der Waals surface area contributed by atoms with Gasteiger partial charge in [0.05, 0.1) is 5.69 Å². The number of nitrogen functional groups attached to an aromatic ring is 1. The number of hydrogen-bond acceptors (Lipinski definition) is 8. The fourth-order valence-electron chi connectivity index (χ4n) is 2.63. The number of anilines is 1. The van der Waals surface area contributed by atoms with Crippen molar-refractivity contribution in [1.82, 2.24) is 14.6 Å². The number of ether oxygens (including phenoxy) is 1. The van der Waals surface area contributed by atoms with Gasteiger partial charge in [-0.05, 0) is 12.1 Å². The number of nitriles is 1. The molecule has 0 bridgehead atoms. The van der Waals surface area contributed by atoms with Gasteiger partial charge in [-0.3, -0.25) is 0 Å². The summed E-state index contributed by atoms with van der Waals surface area (Å²) in [6.07, 6.45) is -1.13. The lowest BCUT2D eigenvalue weighted by Gasteiger charge is -2.35. The van der Waals surface area contributed by atoms with Crippen LogP contribution in [0.25, 0.3) is 5.52 Å². The molecule has 2 aromatic rings. The lowest BCUT2D eigenvalue weighted by atomic mass is 9.76. The van der Waals surface area contributed by atoms with Crippen LogP contribution in [0.15, 0.2) is 18.5 Å². The SMILES string of the molecule is [B]C(O)(O)C1(C#N)OC(c2ccc3c(N)ncnn23)CC1O. The molecule has 10 heteroatoms. The summed E-state index contributed by atoms with van der Waals surface area (Å²) in [5.41, 5.74) is 1.35. The second-order valence-electron chi connectivity index (χ2n) is 5.13. The van der Waals surface area contributed by atoms with E-state index >= 15 is 0 Å². The van der Waals surface area contributed by atoms with Crippen molar-refractivity contribution in [3.8, 4) is 6.07 Å². The molecule has 5 N–H and O–H groups in total. The molecule has 0 saturated carbocycles. The van der Waals surface area contributed by atoms with E-state index in [-0.39, 0.29) is 12.2 Å². The third kappa shape index (κ3) is 1.88. The van der Waals surface area contributed by atoms with E-state index in [0.29, 0.717) is 11.2 Å². The van der Waals surface area contributed by atoms with E-state index in [1.54, 1.807) is 18.2 Å². The average molecular weight is 301 g/mol. The fraction of sp³-hybridized carbons (Fsp3) is 0.417. The predicted molar refractivity (Wildman–Crippen MR) is 73.1 cm³/mol. The minimum atomic E-state index is -3.02. The molecule has 3 unspecified atom stereocenters. The molecular weight excluding hydrogens is 289 g/mol. The van der Waals surface area contributed by atoms with Crippen LogP contribution < -0.4 is 5.73 Å². The van der Waals surface area contributed by atoms with Crippen LogP contribution in [-0.4, -0.2) is 55.2 Å². The summed E-state index contributed by atoms with van der Waals surface area (Å²) in [5.74, 6) is 0.254. The molecule has 1 fully saturated rings. The van der Waals surface area contributed by atoms with E-state index in [1.165, 1.54) is 10.8 Å². The summed E-state index contributed by atoms with van der Waals surface area (Å²) in [7, 11) is 5.18. The first-order valence-corrected chi connectivity index (χ1v) is 6.39. The van der Waals surface area contributed by atoms with E-state index in [2.05, 4.69) is 10.1 Å². The number of fused-ring (bicyclic) bond motifs is 1. The average Bonchev–Trinajstić information content (AvgIpc) is 3.00. The quantitative estimate of drug-likeness (QED) is 0.375. The van der Waals surface area contributed by atoms with Crippen molar-refractivity contribution < 1.29 is 20.1 Å². The van der Waals surface area contributed by atoms with Crippen molar-refractivity contribution in [1.29, 1.82) is 5.26 Å². The Balaban J connectivity index is 2.04. The Hall–Kier alpha value is -2.19. The Morgan fingerprint density at radius 3 is 2.86 bits per heavy atom. The maximum absolute atomic E-state index is 10.1. The standard InChI is InChI=1S/C12H12BN5O4/c13-12(20,21)11(4-14)9(19)3-8(22-11)6-1-2-7-10(15)16-5-17-18(6)7/h1-2,5,8-9,19-21H,3H2,(H2,15,16,17). The molecule has 2 radical (unpaired) electrons. The third-order valence-corrected chi connectivity index (χ3v) is 3.79. The van der Waals surface area contributed by atoms with E-state index in [1.807, 2.05) is 0 Å². The Morgan fingerprint density at radius 2 is 2.27 bits per heavy atom. The van der Waals surface area contributed by atoms with Crippen molar-refractivity contribution >= 4 is 19.2 Å². The van der Waals surface area contributed by atoms with Gasteiger partial charge in [0.1, 0.15) is 30.1 Å². The minimum Gasteiger partial charge on any atom is -0.389 e. The normalized spacial score (nSPS) is 28.8. The zero-order valence-corrected chi connectivity index (χ0v) is 11.3. The van der Waals surface area contributed by atoms with Gasteiger partial charge in [0.15, 0.2) is 19.4 Å². The van der Waals surface area contributed by atoms with Crippen LogP contribution in [-0.2, 0) is 4.74 Å². The number of hydrogen-bond donors (Lipinski definition) is 4. The highest BCUT2D eigenvalue weighted by Gasteiger charge is 2.59. The first-order chi connectivity index (χ1) is 10.3. The summed E-state index contributed by atoms with van der Waals surface area (Å²) in [6.45, 7) is 0. The number of aliphatic hydroxyl groups excluding tert-OH is 1. The van der Waals surface area contributed by atoms with Gasteiger partial charge >= 0.3 is 0 Å². The van der Waals surface area contributed by atoms with Crippen LogP contribution in [0.5, 0.6) is 0 Å².